The Morgan fingerprint density at radius 2 is 2.20 bits per heavy atom. The van der Waals surface area contributed by atoms with Crippen LogP contribution in [0.3, 0.4) is 0 Å². The minimum absolute atomic E-state index is 0.0515. The second-order valence-corrected chi connectivity index (χ2v) is 3.38. The van der Waals surface area contributed by atoms with Crippen LogP contribution in [0.1, 0.15) is 11.1 Å². The third kappa shape index (κ3) is 3.01. The highest BCUT2D eigenvalue weighted by Gasteiger charge is 2.06. The van der Waals surface area contributed by atoms with Gasteiger partial charge in [0.15, 0.2) is 5.96 Å². The molecule has 1 rings (SSSR count). The second kappa shape index (κ2) is 4.50. The summed E-state index contributed by atoms with van der Waals surface area (Å²) in [4.78, 5) is 8.32. The van der Waals surface area contributed by atoms with Gasteiger partial charge in [0.25, 0.3) is 0 Å². The van der Waals surface area contributed by atoms with Crippen molar-refractivity contribution in [1.29, 1.82) is 5.41 Å². The number of guanidine groups is 2. The molecule has 0 fully saturated rings. The average Bonchev–Trinajstić information content (AvgIpc) is 2.50. The van der Waals surface area contributed by atoms with Crippen LogP contribution in [0.5, 0.6) is 0 Å². The first kappa shape index (κ1) is 11.1. The van der Waals surface area contributed by atoms with Gasteiger partial charge in [-0.3, -0.25) is 5.41 Å². The molecule has 0 aliphatic carbocycles. The van der Waals surface area contributed by atoms with E-state index in [4.69, 9.17) is 16.9 Å². The van der Waals surface area contributed by atoms with Crippen LogP contribution in [0.25, 0.3) is 0 Å². The van der Waals surface area contributed by atoms with Gasteiger partial charge in [-0.1, -0.05) is 0 Å². The number of hydrogen-bond donors (Lipinski definition) is 4. The average molecular weight is 208 g/mol. The summed E-state index contributed by atoms with van der Waals surface area (Å²) >= 11 is 0. The van der Waals surface area contributed by atoms with E-state index in [0.717, 1.165) is 11.1 Å². The molecule has 6 N–H and O–H groups in total. The van der Waals surface area contributed by atoms with Crippen LogP contribution >= 0.6 is 0 Å². The number of aryl methyl sites for hydroxylation is 1. The van der Waals surface area contributed by atoms with Gasteiger partial charge in [-0.25, -0.2) is 0 Å². The molecule has 0 saturated heterocycles. The predicted octanol–water partition coefficient (Wildman–Crippen LogP) is -0.0369. The molecule has 0 atom stereocenters. The summed E-state index contributed by atoms with van der Waals surface area (Å²) in [5.41, 5.74) is 12.6. The molecule has 0 radical (unpaired) electrons. The SMILES string of the molecule is Cc1c[nH]cc1CN(C)C(=N)N=C(N)N. The fourth-order valence-corrected chi connectivity index (χ4v) is 1.18. The summed E-state index contributed by atoms with van der Waals surface area (Å²) in [6.45, 7) is 2.61. The minimum atomic E-state index is -0.0994. The molecule has 0 aromatic carbocycles. The van der Waals surface area contributed by atoms with Gasteiger partial charge in [0.1, 0.15) is 0 Å². The van der Waals surface area contributed by atoms with Crippen molar-refractivity contribution < 1.29 is 0 Å². The highest BCUT2D eigenvalue weighted by atomic mass is 15.2. The standard InChI is InChI=1S/C9H16N6/c1-6-3-13-4-7(6)5-15(2)9(12)14-8(10)11/h3-4,13H,5H2,1-2H3,(H5,10,11,12,14). The molecule has 0 bridgehead atoms. The monoisotopic (exact) mass is 208 g/mol. The Morgan fingerprint density at radius 1 is 1.53 bits per heavy atom. The normalized spacial score (nSPS) is 9.73. The highest BCUT2D eigenvalue weighted by Crippen LogP contribution is 2.08. The molecule has 1 heterocycles. The summed E-state index contributed by atoms with van der Waals surface area (Å²) < 4.78 is 0. The Kier molecular flexibility index (Phi) is 3.33. The lowest BCUT2D eigenvalue weighted by Gasteiger charge is -2.16. The van der Waals surface area contributed by atoms with E-state index in [-0.39, 0.29) is 11.9 Å². The lowest BCUT2D eigenvalue weighted by atomic mass is 10.2. The van der Waals surface area contributed by atoms with E-state index in [0.29, 0.717) is 6.54 Å². The molecular formula is C9H16N6. The molecule has 1 aromatic heterocycles. The quantitative estimate of drug-likeness (QED) is 0.404. The maximum atomic E-state index is 7.57. The summed E-state index contributed by atoms with van der Waals surface area (Å²) in [6.07, 6.45) is 3.81. The molecule has 6 heteroatoms. The number of aliphatic imine (C=N–C) groups is 1. The molecule has 15 heavy (non-hydrogen) atoms. The Labute approximate surface area is 88.5 Å². The zero-order chi connectivity index (χ0) is 11.4. The van der Waals surface area contributed by atoms with Crippen LogP contribution in [0, 0.1) is 12.3 Å². The largest absolute Gasteiger partial charge is 0.370 e. The molecule has 0 amide bonds. The van der Waals surface area contributed by atoms with E-state index in [1.807, 2.05) is 19.3 Å². The van der Waals surface area contributed by atoms with E-state index < -0.39 is 0 Å². The number of aromatic amines is 1. The van der Waals surface area contributed by atoms with Gasteiger partial charge in [-0.15, -0.1) is 0 Å². The Hall–Kier alpha value is -1.98. The van der Waals surface area contributed by atoms with E-state index in [2.05, 4.69) is 9.98 Å². The van der Waals surface area contributed by atoms with Crippen molar-refractivity contribution in [3.8, 4) is 0 Å². The van der Waals surface area contributed by atoms with Crippen molar-refractivity contribution in [2.24, 2.45) is 16.5 Å². The van der Waals surface area contributed by atoms with Crippen LogP contribution in [-0.4, -0.2) is 28.9 Å². The van der Waals surface area contributed by atoms with Gasteiger partial charge < -0.3 is 21.4 Å². The first-order valence-corrected chi connectivity index (χ1v) is 4.52. The number of hydrogen-bond acceptors (Lipinski definition) is 1. The summed E-state index contributed by atoms with van der Waals surface area (Å²) in [5, 5.41) is 7.57. The maximum absolute atomic E-state index is 7.57. The number of rotatable bonds is 2. The molecule has 0 saturated carbocycles. The first-order valence-electron chi connectivity index (χ1n) is 4.52. The lowest BCUT2D eigenvalue weighted by molar-refractivity contribution is 0.490. The Balaban J connectivity index is 2.64. The van der Waals surface area contributed by atoms with Gasteiger partial charge in [-0.05, 0) is 18.1 Å². The number of aromatic nitrogens is 1. The van der Waals surface area contributed by atoms with Crippen LogP contribution in [0.15, 0.2) is 17.4 Å². The highest BCUT2D eigenvalue weighted by molar-refractivity contribution is 5.91. The van der Waals surface area contributed by atoms with Crippen LogP contribution in [-0.2, 0) is 6.54 Å². The van der Waals surface area contributed by atoms with E-state index in [9.17, 15) is 0 Å². The van der Waals surface area contributed by atoms with Crippen LogP contribution < -0.4 is 11.5 Å². The van der Waals surface area contributed by atoms with Crippen LogP contribution in [0.2, 0.25) is 0 Å². The number of nitrogens with one attached hydrogen (secondary N) is 2. The molecule has 0 spiro atoms. The van der Waals surface area contributed by atoms with Crippen molar-refractivity contribution in [1.82, 2.24) is 9.88 Å². The number of H-pyrrole nitrogens is 1. The molecule has 1 aromatic rings. The molecule has 6 nitrogen and oxygen atoms in total. The molecular weight excluding hydrogens is 192 g/mol. The third-order valence-corrected chi connectivity index (χ3v) is 2.07. The third-order valence-electron chi connectivity index (χ3n) is 2.07. The van der Waals surface area contributed by atoms with E-state index >= 15 is 0 Å². The van der Waals surface area contributed by atoms with Crippen molar-refractivity contribution in [2.75, 3.05) is 7.05 Å². The minimum Gasteiger partial charge on any atom is -0.370 e. The Bertz CT molecular complexity index is 374. The number of nitrogens with two attached hydrogens (primary N) is 2. The van der Waals surface area contributed by atoms with Gasteiger partial charge in [0, 0.05) is 26.0 Å². The van der Waals surface area contributed by atoms with Crippen molar-refractivity contribution in [2.45, 2.75) is 13.5 Å². The molecule has 82 valence electrons. The van der Waals surface area contributed by atoms with Crippen molar-refractivity contribution >= 4 is 11.9 Å². The first-order chi connectivity index (χ1) is 7.00. The van der Waals surface area contributed by atoms with Crippen molar-refractivity contribution in [3.63, 3.8) is 0 Å². The molecule has 0 aliphatic heterocycles. The van der Waals surface area contributed by atoms with E-state index in [1.54, 1.807) is 11.9 Å². The molecule has 0 aliphatic rings. The summed E-state index contributed by atoms with van der Waals surface area (Å²) in [6, 6.07) is 0. The second-order valence-electron chi connectivity index (χ2n) is 3.38. The van der Waals surface area contributed by atoms with Gasteiger partial charge in [-0.2, -0.15) is 4.99 Å². The molecule has 0 unspecified atom stereocenters. The zero-order valence-electron chi connectivity index (χ0n) is 8.91. The topological polar surface area (TPSA) is 107 Å². The summed E-state index contributed by atoms with van der Waals surface area (Å²) in [5.74, 6) is -0.0479. The fraction of sp³-hybridized carbons (Fsp3) is 0.333. The van der Waals surface area contributed by atoms with Crippen molar-refractivity contribution in [3.05, 3.63) is 23.5 Å². The number of nitrogens with zero attached hydrogens (tertiary/aromatic N) is 2. The zero-order valence-corrected chi connectivity index (χ0v) is 8.91. The van der Waals surface area contributed by atoms with Gasteiger partial charge in [0.2, 0.25) is 5.96 Å². The Morgan fingerprint density at radius 3 is 2.67 bits per heavy atom. The smallest absolute Gasteiger partial charge is 0.221 e. The summed E-state index contributed by atoms with van der Waals surface area (Å²) in [7, 11) is 1.77. The maximum Gasteiger partial charge on any atom is 0.221 e. The van der Waals surface area contributed by atoms with Gasteiger partial charge >= 0.3 is 0 Å². The van der Waals surface area contributed by atoms with Gasteiger partial charge in [0.05, 0.1) is 0 Å². The van der Waals surface area contributed by atoms with E-state index in [1.165, 1.54) is 0 Å². The van der Waals surface area contributed by atoms with Crippen LogP contribution in [0.4, 0.5) is 0 Å². The fourth-order valence-electron chi connectivity index (χ4n) is 1.18. The lowest BCUT2D eigenvalue weighted by Crippen LogP contribution is -2.30. The predicted molar refractivity (Wildman–Crippen MR) is 60.5 cm³/mol.